The third kappa shape index (κ3) is 5.94. The van der Waals surface area contributed by atoms with Crippen molar-refractivity contribution >= 4 is 27.8 Å². The Morgan fingerprint density at radius 3 is 1.18 bits per heavy atom. The largest absolute Gasteiger partial charge is 0.311 e. The standard InChI is InChI=1S/C59H41N/c1-5-15-42(16-6-1)44-25-33-51(34-26-44)60(52-35-27-45(28-36-52)43-17-7-2-8-18-43)53-37-29-46(30-38-53)48-31-39-55-57(41-48)59(49-20-9-3-10-21-49,50-22-11-4-12-23-50)56-40-32-47-19-13-14-24-54(47)58(55)56/h1-41H. The average Bonchev–Trinajstić information content (AvgIpc) is 3.64. The third-order valence-corrected chi connectivity index (χ3v) is 12.4. The fourth-order valence-electron chi connectivity index (χ4n) is 9.55. The molecule has 0 bridgehead atoms. The minimum Gasteiger partial charge on any atom is -0.311 e. The van der Waals surface area contributed by atoms with Crippen molar-refractivity contribution < 1.29 is 0 Å². The zero-order valence-electron chi connectivity index (χ0n) is 33.1. The molecule has 1 aliphatic rings. The van der Waals surface area contributed by atoms with Crippen molar-refractivity contribution in [3.8, 4) is 44.5 Å². The molecule has 0 atom stereocenters. The molecule has 0 heterocycles. The van der Waals surface area contributed by atoms with Crippen molar-refractivity contribution in [3.05, 3.63) is 271 Å². The molecule has 0 amide bonds. The number of nitrogens with zero attached hydrogens (tertiary/aromatic N) is 1. The van der Waals surface area contributed by atoms with Gasteiger partial charge >= 0.3 is 0 Å². The molecule has 1 heteroatoms. The van der Waals surface area contributed by atoms with E-state index in [0.717, 1.165) is 17.1 Å². The van der Waals surface area contributed by atoms with E-state index < -0.39 is 5.41 Å². The van der Waals surface area contributed by atoms with Gasteiger partial charge in [-0.1, -0.05) is 206 Å². The number of benzene rings is 10. The highest BCUT2D eigenvalue weighted by molar-refractivity contribution is 6.04. The van der Waals surface area contributed by atoms with Crippen molar-refractivity contribution in [2.75, 3.05) is 4.90 Å². The van der Waals surface area contributed by atoms with Crippen molar-refractivity contribution in [3.63, 3.8) is 0 Å². The van der Waals surface area contributed by atoms with E-state index in [1.807, 2.05) is 0 Å². The van der Waals surface area contributed by atoms with Crippen LogP contribution in [0.3, 0.4) is 0 Å². The summed E-state index contributed by atoms with van der Waals surface area (Å²) in [6.07, 6.45) is 0. The van der Waals surface area contributed by atoms with Crippen LogP contribution < -0.4 is 4.90 Å². The van der Waals surface area contributed by atoms with Crippen LogP contribution in [0, 0.1) is 0 Å². The monoisotopic (exact) mass is 763 g/mol. The van der Waals surface area contributed by atoms with Gasteiger partial charge in [-0.3, -0.25) is 0 Å². The molecule has 0 aliphatic heterocycles. The van der Waals surface area contributed by atoms with E-state index >= 15 is 0 Å². The van der Waals surface area contributed by atoms with Crippen LogP contribution in [0.4, 0.5) is 17.1 Å². The summed E-state index contributed by atoms with van der Waals surface area (Å²) in [5, 5.41) is 2.54. The molecule has 10 aromatic carbocycles. The number of anilines is 3. The van der Waals surface area contributed by atoms with Crippen molar-refractivity contribution in [1.29, 1.82) is 0 Å². The predicted molar refractivity (Wildman–Crippen MR) is 252 cm³/mol. The highest BCUT2D eigenvalue weighted by Crippen LogP contribution is 2.58. The number of hydrogen-bond donors (Lipinski definition) is 0. The van der Waals surface area contributed by atoms with Gasteiger partial charge in [-0.2, -0.15) is 0 Å². The molecule has 0 fully saturated rings. The smallest absolute Gasteiger partial charge is 0.0714 e. The highest BCUT2D eigenvalue weighted by Gasteiger charge is 2.46. The second-order valence-corrected chi connectivity index (χ2v) is 15.7. The molecule has 1 aliphatic carbocycles. The average molecular weight is 764 g/mol. The lowest BCUT2D eigenvalue weighted by molar-refractivity contribution is 0.769. The molecule has 0 saturated carbocycles. The van der Waals surface area contributed by atoms with Gasteiger partial charge in [0.25, 0.3) is 0 Å². The second kappa shape index (κ2) is 14.9. The Labute approximate surface area is 352 Å². The maximum absolute atomic E-state index is 2.46. The van der Waals surface area contributed by atoms with Gasteiger partial charge in [0.1, 0.15) is 0 Å². The first-order chi connectivity index (χ1) is 29.8. The van der Waals surface area contributed by atoms with Gasteiger partial charge in [-0.15, -0.1) is 0 Å². The first-order valence-corrected chi connectivity index (χ1v) is 20.8. The SMILES string of the molecule is c1ccc(-c2ccc(N(c3ccc(-c4ccccc4)cc3)c3ccc(-c4ccc5c(c4)C(c4ccccc4)(c4ccccc4)c4ccc6ccccc6c4-5)cc3)cc2)cc1. The predicted octanol–water partition coefficient (Wildman–Crippen LogP) is 15.7. The number of fused-ring (bicyclic) bond motifs is 5. The molecule has 10 aromatic rings. The Morgan fingerprint density at radius 2 is 0.683 bits per heavy atom. The van der Waals surface area contributed by atoms with Crippen molar-refractivity contribution in [2.24, 2.45) is 0 Å². The first kappa shape index (κ1) is 35.4. The van der Waals surface area contributed by atoms with Gasteiger partial charge in [-0.05, 0) is 120 Å². The van der Waals surface area contributed by atoms with Gasteiger partial charge in [0.2, 0.25) is 0 Å². The quantitative estimate of drug-likeness (QED) is 0.149. The maximum atomic E-state index is 2.46. The molecule has 0 radical (unpaired) electrons. The van der Waals surface area contributed by atoms with E-state index in [0.29, 0.717) is 0 Å². The van der Waals surface area contributed by atoms with Gasteiger partial charge < -0.3 is 4.90 Å². The first-order valence-electron chi connectivity index (χ1n) is 20.8. The van der Waals surface area contributed by atoms with Crippen molar-refractivity contribution in [1.82, 2.24) is 0 Å². The van der Waals surface area contributed by atoms with Gasteiger partial charge in [-0.25, -0.2) is 0 Å². The van der Waals surface area contributed by atoms with Crippen LogP contribution in [0.1, 0.15) is 22.3 Å². The molecule has 282 valence electrons. The van der Waals surface area contributed by atoms with E-state index in [1.54, 1.807) is 0 Å². The summed E-state index contributed by atoms with van der Waals surface area (Å²) in [4.78, 5) is 2.35. The molecule has 60 heavy (non-hydrogen) atoms. The second-order valence-electron chi connectivity index (χ2n) is 15.7. The molecule has 0 N–H and O–H groups in total. The Hall–Kier alpha value is -7.74. The summed E-state index contributed by atoms with van der Waals surface area (Å²) in [6, 6.07) is 90.9. The lowest BCUT2D eigenvalue weighted by Gasteiger charge is -2.34. The maximum Gasteiger partial charge on any atom is 0.0714 e. The number of rotatable bonds is 8. The molecule has 0 saturated heterocycles. The summed E-state index contributed by atoms with van der Waals surface area (Å²) in [7, 11) is 0. The molecular weight excluding hydrogens is 723 g/mol. The van der Waals surface area contributed by atoms with Crippen LogP contribution in [0.2, 0.25) is 0 Å². The van der Waals surface area contributed by atoms with Crippen LogP contribution in [0.25, 0.3) is 55.3 Å². The van der Waals surface area contributed by atoms with Crippen LogP contribution >= 0.6 is 0 Å². The van der Waals surface area contributed by atoms with Crippen molar-refractivity contribution in [2.45, 2.75) is 5.41 Å². The van der Waals surface area contributed by atoms with Crippen LogP contribution in [-0.2, 0) is 5.41 Å². The van der Waals surface area contributed by atoms with Gasteiger partial charge in [0.15, 0.2) is 0 Å². The van der Waals surface area contributed by atoms with Gasteiger partial charge in [0, 0.05) is 17.1 Å². The summed E-state index contributed by atoms with van der Waals surface area (Å²) in [5.74, 6) is 0. The topological polar surface area (TPSA) is 3.24 Å². The van der Waals surface area contributed by atoms with E-state index in [9.17, 15) is 0 Å². The van der Waals surface area contributed by atoms with Crippen LogP contribution in [-0.4, -0.2) is 0 Å². The molecule has 0 aromatic heterocycles. The van der Waals surface area contributed by atoms with Gasteiger partial charge in [0.05, 0.1) is 5.41 Å². The lowest BCUT2D eigenvalue weighted by atomic mass is 9.67. The molecule has 1 nitrogen and oxygen atoms in total. The zero-order chi connectivity index (χ0) is 39.9. The fourth-order valence-corrected chi connectivity index (χ4v) is 9.55. The molecule has 0 spiro atoms. The Balaban J connectivity index is 1.04. The number of hydrogen-bond acceptors (Lipinski definition) is 1. The molecule has 0 unspecified atom stereocenters. The normalized spacial score (nSPS) is 12.5. The summed E-state index contributed by atoms with van der Waals surface area (Å²) in [5.41, 5.74) is 17.8. The summed E-state index contributed by atoms with van der Waals surface area (Å²) < 4.78 is 0. The summed E-state index contributed by atoms with van der Waals surface area (Å²) >= 11 is 0. The Morgan fingerprint density at radius 1 is 0.283 bits per heavy atom. The van der Waals surface area contributed by atoms with E-state index in [4.69, 9.17) is 0 Å². The zero-order valence-corrected chi connectivity index (χ0v) is 33.1. The van der Waals surface area contributed by atoms with Crippen LogP contribution in [0.15, 0.2) is 249 Å². The molecule has 11 rings (SSSR count). The minimum atomic E-state index is -0.484. The van der Waals surface area contributed by atoms with Crippen LogP contribution in [0.5, 0.6) is 0 Å². The Kier molecular flexibility index (Phi) is 8.79. The Bertz CT molecular complexity index is 2960. The minimum absolute atomic E-state index is 0.484. The van der Waals surface area contributed by atoms with E-state index in [2.05, 4.69) is 254 Å². The highest BCUT2D eigenvalue weighted by atomic mass is 15.1. The lowest BCUT2D eigenvalue weighted by Crippen LogP contribution is -2.28. The molecular formula is C59H41N. The van der Waals surface area contributed by atoms with E-state index in [-0.39, 0.29) is 0 Å². The third-order valence-electron chi connectivity index (χ3n) is 12.4. The summed E-state index contributed by atoms with van der Waals surface area (Å²) in [6.45, 7) is 0. The van der Waals surface area contributed by atoms with E-state index in [1.165, 1.54) is 77.5 Å². The fraction of sp³-hybridized carbons (Fsp3) is 0.0169.